The van der Waals surface area contributed by atoms with Gasteiger partial charge in [0.05, 0.1) is 18.4 Å². The van der Waals surface area contributed by atoms with E-state index in [-0.39, 0.29) is 24.9 Å². The minimum Gasteiger partial charge on any atom is -0.505 e. The summed E-state index contributed by atoms with van der Waals surface area (Å²) >= 11 is 3.31. The third-order valence-corrected chi connectivity index (χ3v) is 5.22. The maximum atomic E-state index is 14.1. The van der Waals surface area contributed by atoms with Gasteiger partial charge in [-0.2, -0.15) is 0 Å². The zero-order valence-corrected chi connectivity index (χ0v) is 17.5. The van der Waals surface area contributed by atoms with E-state index in [1.54, 1.807) is 31.2 Å². The van der Waals surface area contributed by atoms with E-state index in [0.717, 1.165) is 10.5 Å². The molecular weight excluding hydrogens is 459 g/mol. The first-order valence-electron chi connectivity index (χ1n) is 9.00. The standard InChI is InChI=1S/C21H18BrFN2O5/c1-11-14(9-19(27)24-7-6-20(28)29)15-8-18(26)16(23)10-17(15)25(11)21(30)12-2-4-13(22)5-3-12/h2-5,8,10,26H,6-7,9H2,1H3,(H,24,27)(H,28,29). The molecule has 2 aromatic carbocycles. The molecule has 7 nitrogen and oxygen atoms in total. The van der Waals surface area contributed by atoms with Gasteiger partial charge in [-0.25, -0.2) is 4.39 Å². The van der Waals surface area contributed by atoms with Gasteiger partial charge in [-0.1, -0.05) is 15.9 Å². The number of phenols is 1. The van der Waals surface area contributed by atoms with Gasteiger partial charge in [0.15, 0.2) is 11.6 Å². The van der Waals surface area contributed by atoms with Crippen LogP contribution in [0.1, 0.15) is 28.0 Å². The van der Waals surface area contributed by atoms with Crippen LogP contribution in [0.15, 0.2) is 40.9 Å². The van der Waals surface area contributed by atoms with Crippen LogP contribution >= 0.6 is 15.9 Å². The first kappa shape index (κ1) is 21.5. The SMILES string of the molecule is Cc1c(CC(=O)NCCC(=O)O)c2cc(O)c(F)cc2n1C(=O)c1ccc(Br)cc1. The number of rotatable bonds is 6. The molecule has 0 spiro atoms. The molecular formula is C21H18BrFN2O5. The lowest BCUT2D eigenvalue weighted by molar-refractivity contribution is -0.136. The van der Waals surface area contributed by atoms with E-state index in [1.807, 2.05) is 0 Å². The third kappa shape index (κ3) is 4.35. The van der Waals surface area contributed by atoms with Gasteiger partial charge in [-0.15, -0.1) is 0 Å². The molecule has 0 aliphatic rings. The van der Waals surface area contributed by atoms with Crippen molar-refractivity contribution in [2.45, 2.75) is 19.8 Å². The summed E-state index contributed by atoms with van der Waals surface area (Å²) in [7, 11) is 0. The molecule has 3 aromatic rings. The van der Waals surface area contributed by atoms with Crippen LogP contribution in [0.25, 0.3) is 10.9 Å². The predicted octanol–water partition coefficient (Wildman–Crippen LogP) is 3.38. The molecule has 9 heteroatoms. The molecule has 156 valence electrons. The van der Waals surface area contributed by atoms with Crippen molar-refractivity contribution in [1.82, 2.24) is 9.88 Å². The van der Waals surface area contributed by atoms with Crippen LogP contribution in [-0.2, 0) is 16.0 Å². The van der Waals surface area contributed by atoms with E-state index in [4.69, 9.17) is 5.11 Å². The van der Waals surface area contributed by atoms with Gasteiger partial charge in [-0.3, -0.25) is 19.0 Å². The maximum Gasteiger partial charge on any atom is 0.305 e. The average Bonchev–Trinajstić information content (AvgIpc) is 2.93. The van der Waals surface area contributed by atoms with Crippen LogP contribution < -0.4 is 5.32 Å². The highest BCUT2D eigenvalue weighted by Crippen LogP contribution is 2.32. The van der Waals surface area contributed by atoms with Crippen molar-refractivity contribution in [3.05, 3.63) is 63.5 Å². The summed E-state index contributed by atoms with van der Waals surface area (Å²) in [6.45, 7) is 1.59. The van der Waals surface area contributed by atoms with E-state index in [9.17, 15) is 23.9 Å². The van der Waals surface area contributed by atoms with Crippen LogP contribution in [0, 0.1) is 12.7 Å². The lowest BCUT2D eigenvalue weighted by Gasteiger charge is -2.08. The van der Waals surface area contributed by atoms with Crippen LogP contribution in [0.2, 0.25) is 0 Å². The predicted molar refractivity (Wildman–Crippen MR) is 111 cm³/mol. The van der Waals surface area contributed by atoms with Crippen molar-refractivity contribution in [3.8, 4) is 5.75 Å². The third-order valence-electron chi connectivity index (χ3n) is 4.70. The summed E-state index contributed by atoms with van der Waals surface area (Å²) in [5, 5.41) is 21.4. The van der Waals surface area contributed by atoms with Gasteiger partial charge in [-0.05, 0) is 42.8 Å². The maximum absolute atomic E-state index is 14.1. The molecule has 3 N–H and O–H groups in total. The van der Waals surface area contributed by atoms with Crippen LogP contribution in [0.3, 0.4) is 0 Å². The monoisotopic (exact) mass is 476 g/mol. The lowest BCUT2D eigenvalue weighted by Crippen LogP contribution is -2.27. The molecule has 0 unspecified atom stereocenters. The van der Waals surface area contributed by atoms with Crippen LogP contribution in [0.4, 0.5) is 4.39 Å². The fraction of sp³-hybridized carbons (Fsp3) is 0.190. The topological polar surface area (TPSA) is 109 Å². The Morgan fingerprint density at radius 1 is 1.17 bits per heavy atom. The Morgan fingerprint density at radius 3 is 2.47 bits per heavy atom. The van der Waals surface area contributed by atoms with Crippen molar-refractivity contribution in [2.24, 2.45) is 0 Å². The van der Waals surface area contributed by atoms with Crippen LogP contribution in [0.5, 0.6) is 5.75 Å². The van der Waals surface area contributed by atoms with Crippen molar-refractivity contribution in [1.29, 1.82) is 0 Å². The molecule has 1 heterocycles. The number of fused-ring (bicyclic) bond motifs is 1. The molecule has 0 saturated heterocycles. The number of nitrogens with zero attached hydrogens (tertiary/aromatic N) is 1. The number of halogens is 2. The number of aromatic hydroxyl groups is 1. The van der Waals surface area contributed by atoms with Crippen molar-refractivity contribution in [3.63, 3.8) is 0 Å². The highest BCUT2D eigenvalue weighted by atomic mass is 79.9. The fourth-order valence-corrected chi connectivity index (χ4v) is 3.49. The highest BCUT2D eigenvalue weighted by molar-refractivity contribution is 9.10. The Bertz CT molecular complexity index is 1150. The largest absolute Gasteiger partial charge is 0.505 e. The van der Waals surface area contributed by atoms with E-state index in [1.165, 1.54) is 10.6 Å². The number of aliphatic carboxylic acids is 1. The van der Waals surface area contributed by atoms with Gasteiger partial charge in [0.2, 0.25) is 5.91 Å². The number of phenolic OH excluding ortho intramolecular Hbond substituents is 1. The molecule has 0 saturated carbocycles. The number of aromatic nitrogens is 1. The number of benzene rings is 2. The molecule has 30 heavy (non-hydrogen) atoms. The summed E-state index contributed by atoms with van der Waals surface area (Å²) in [5.74, 6) is -3.37. The molecule has 3 rings (SSSR count). The van der Waals surface area contributed by atoms with E-state index >= 15 is 0 Å². The van der Waals surface area contributed by atoms with Crippen molar-refractivity contribution >= 4 is 44.6 Å². The molecule has 0 fully saturated rings. The zero-order chi connectivity index (χ0) is 22.0. The number of carbonyl (C=O) groups is 3. The summed E-state index contributed by atoms with van der Waals surface area (Å²) in [5.41, 5.74) is 1.46. The molecule has 0 aliphatic heterocycles. The number of amides is 1. The normalized spacial score (nSPS) is 10.9. The number of carboxylic acids is 1. The number of nitrogens with one attached hydrogen (secondary N) is 1. The molecule has 0 bridgehead atoms. The second-order valence-electron chi connectivity index (χ2n) is 6.70. The van der Waals surface area contributed by atoms with E-state index < -0.39 is 29.4 Å². The second kappa shape index (κ2) is 8.66. The van der Waals surface area contributed by atoms with Gasteiger partial charge < -0.3 is 15.5 Å². The summed E-state index contributed by atoms with van der Waals surface area (Å²) in [6, 6.07) is 8.89. The smallest absolute Gasteiger partial charge is 0.305 e. The Morgan fingerprint density at radius 2 is 1.83 bits per heavy atom. The molecule has 0 radical (unpaired) electrons. The second-order valence-corrected chi connectivity index (χ2v) is 7.62. The van der Waals surface area contributed by atoms with Gasteiger partial charge in [0.1, 0.15) is 0 Å². The number of hydrogen-bond donors (Lipinski definition) is 3. The fourth-order valence-electron chi connectivity index (χ4n) is 3.23. The quantitative estimate of drug-likeness (QED) is 0.505. The average molecular weight is 477 g/mol. The number of carbonyl (C=O) groups excluding carboxylic acids is 2. The first-order chi connectivity index (χ1) is 14.2. The molecule has 0 aliphatic carbocycles. The summed E-state index contributed by atoms with van der Waals surface area (Å²) in [4.78, 5) is 36.0. The van der Waals surface area contributed by atoms with Gasteiger partial charge in [0.25, 0.3) is 5.91 Å². The minimum absolute atomic E-state index is 0.0381. The van der Waals surface area contributed by atoms with Gasteiger partial charge >= 0.3 is 5.97 Å². The Balaban J connectivity index is 2.05. The Kier molecular flexibility index (Phi) is 6.21. The Hall–Kier alpha value is -3.20. The number of carboxylic acid groups (broad SMARTS) is 1. The van der Waals surface area contributed by atoms with Crippen LogP contribution in [-0.4, -0.2) is 39.1 Å². The van der Waals surface area contributed by atoms with E-state index in [2.05, 4.69) is 21.2 Å². The molecule has 1 aromatic heterocycles. The molecule has 0 atom stereocenters. The highest BCUT2D eigenvalue weighted by Gasteiger charge is 2.23. The van der Waals surface area contributed by atoms with Gasteiger partial charge in [0, 0.05) is 33.7 Å². The zero-order valence-electron chi connectivity index (χ0n) is 15.9. The summed E-state index contributed by atoms with van der Waals surface area (Å²) < 4.78 is 16.2. The van der Waals surface area contributed by atoms with Crippen molar-refractivity contribution in [2.75, 3.05) is 6.54 Å². The lowest BCUT2D eigenvalue weighted by atomic mass is 10.1. The minimum atomic E-state index is -1.04. The Labute approximate surface area is 179 Å². The summed E-state index contributed by atoms with van der Waals surface area (Å²) in [6.07, 6.45) is -0.381. The van der Waals surface area contributed by atoms with E-state index in [0.29, 0.717) is 22.2 Å². The van der Waals surface area contributed by atoms with Crippen molar-refractivity contribution < 1.29 is 29.0 Å². The number of hydrogen-bond acceptors (Lipinski definition) is 4. The first-order valence-corrected chi connectivity index (χ1v) is 9.79. The molecule has 1 amide bonds.